The standard InChI is InChI=1S/C8H8N2O3S/c1-6-2-4-7(5-3-6)9-8(11)10-14(12)13/h2-5H,1H3,(H,9,11). The van der Waals surface area contributed by atoms with Gasteiger partial charge in [-0.1, -0.05) is 22.1 Å². The molecule has 0 aliphatic heterocycles. The summed E-state index contributed by atoms with van der Waals surface area (Å²) in [6.45, 7) is 1.91. The van der Waals surface area contributed by atoms with E-state index < -0.39 is 16.5 Å². The quantitative estimate of drug-likeness (QED) is 0.768. The van der Waals surface area contributed by atoms with Gasteiger partial charge in [0.2, 0.25) is 0 Å². The van der Waals surface area contributed by atoms with Crippen LogP contribution < -0.4 is 5.32 Å². The fourth-order valence-corrected chi connectivity index (χ4v) is 1.03. The lowest BCUT2D eigenvalue weighted by Gasteiger charge is -1.99. The third-order valence-electron chi connectivity index (χ3n) is 1.46. The normalized spacial score (nSPS) is 9.21. The number of anilines is 1. The van der Waals surface area contributed by atoms with Crippen molar-refractivity contribution >= 4 is 22.2 Å². The molecule has 1 rings (SSSR count). The van der Waals surface area contributed by atoms with Gasteiger partial charge in [-0.3, -0.25) is 0 Å². The first-order valence-electron chi connectivity index (χ1n) is 3.77. The zero-order chi connectivity index (χ0) is 10.6. The number of hydrogen-bond acceptors (Lipinski definition) is 3. The first kappa shape index (κ1) is 10.4. The van der Waals surface area contributed by atoms with Gasteiger partial charge >= 0.3 is 16.5 Å². The van der Waals surface area contributed by atoms with Crippen LogP contribution in [0.15, 0.2) is 28.6 Å². The molecule has 1 N–H and O–H groups in total. The van der Waals surface area contributed by atoms with E-state index >= 15 is 0 Å². The van der Waals surface area contributed by atoms with Crippen LogP contribution in [0.25, 0.3) is 0 Å². The van der Waals surface area contributed by atoms with Crippen molar-refractivity contribution in [2.45, 2.75) is 6.92 Å². The zero-order valence-corrected chi connectivity index (χ0v) is 8.21. The Morgan fingerprint density at radius 3 is 2.36 bits per heavy atom. The van der Waals surface area contributed by atoms with E-state index in [0.717, 1.165) is 5.56 Å². The molecule has 74 valence electrons. The average molecular weight is 212 g/mol. The summed E-state index contributed by atoms with van der Waals surface area (Å²) in [4.78, 5) is 10.8. The minimum atomic E-state index is -2.71. The highest BCUT2D eigenvalue weighted by Gasteiger charge is 1.98. The average Bonchev–Trinajstić information content (AvgIpc) is 2.07. The molecule has 0 aliphatic rings. The number of rotatable bonds is 1. The lowest BCUT2D eigenvalue weighted by molar-refractivity contribution is 0.260. The Hall–Kier alpha value is -1.69. The summed E-state index contributed by atoms with van der Waals surface area (Å²) in [6.07, 6.45) is 0. The Kier molecular flexibility index (Phi) is 3.35. The molecule has 1 aromatic rings. The van der Waals surface area contributed by atoms with Crippen molar-refractivity contribution < 1.29 is 13.2 Å². The second-order valence-corrected chi connectivity index (χ2v) is 3.22. The molecule has 14 heavy (non-hydrogen) atoms. The van der Waals surface area contributed by atoms with Crippen molar-refractivity contribution in [2.24, 2.45) is 4.36 Å². The number of nitrogens with zero attached hydrogens (tertiary/aromatic N) is 1. The maximum absolute atomic E-state index is 10.8. The summed E-state index contributed by atoms with van der Waals surface area (Å²) in [5.41, 5.74) is 1.56. The van der Waals surface area contributed by atoms with Crippen LogP contribution in [0.1, 0.15) is 5.56 Å². The van der Waals surface area contributed by atoms with E-state index in [2.05, 4.69) is 9.68 Å². The largest absolute Gasteiger partial charge is 0.360 e. The molecule has 0 aromatic heterocycles. The summed E-state index contributed by atoms with van der Waals surface area (Å²) in [5, 5.41) is 2.30. The summed E-state index contributed by atoms with van der Waals surface area (Å²) in [6, 6.07) is 6.02. The monoisotopic (exact) mass is 212 g/mol. The van der Waals surface area contributed by atoms with E-state index in [1.165, 1.54) is 0 Å². The number of benzene rings is 1. The number of nitrogens with one attached hydrogen (secondary N) is 1. The van der Waals surface area contributed by atoms with Crippen LogP contribution in [-0.2, 0) is 10.5 Å². The van der Waals surface area contributed by atoms with Crippen LogP contribution in [0.5, 0.6) is 0 Å². The Bertz CT molecular complexity index is 454. The number of hydrogen-bond donors (Lipinski definition) is 1. The molecule has 0 aliphatic carbocycles. The minimum Gasteiger partial charge on any atom is -0.305 e. The highest BCUT2D eigenvalue weighted by Crippen LogP contribution is 2.08. The lowest BCUT2D eigenvalue weighted by atomic mass is 10.2. The van der Waals surface area contributed by atoms with Gasteiger partial charge in [0.15, 0.2) is 0 Å². The molecular formula is C8H8N2O3S. The number of urea groups is 1. The number of amides is 2. The molecule has 0 unspecified atom stereocenters. The van der Waals surface area contributed by atoms with E-state index in [1.54, 1.807) is 24.3 Å². The second-order valence-electron chi connectivity index (χ2n) is 2.60. The van der Waals surface area contributed by atoms with Gasteiger partial charge in [-0.15, -0.1) is 0 Å². The maximum atomic E-state index is 10.8. The van der Waals surface area contributed by atoms with Gasteiger partial charge in [0, 0.05) is 5.69 Å². The first-order chi connectivity index (χ1) is 6.58. The lowest BCUT2D eigenvalue weighted by Crippen LogP contribution is -2.05. The second kappa shape index (κ2) is 4.52. The molecule has 0 heterocycles. The van der Waals surface area contributed by atoms with Gasteiger partial charge < -0.3 is 5.32 Å². The van der Waals surface area contributed by atoms with Gasteiger partial charge in [0.25, 0.3) is 0 Å². The van der Waals surface area contributed by atoms with Gasteiger partial charge in [-0.2, -0.15) is 8.42 Å². The molecule has 5 nitrogen and oxygen atoms in total. The Labute approximate surface area is 82.5 Å². The molecule has 0 spiro atoms. The molecule has 0 radical (unpaired) electrons. The Balaban J connectivity index is 2.75. The smallest absolute Gasteiger partial charge is 0.305 e. The summed E-state index contributed by atoms with van der Waals surface area (Å²) >= 11 is 0. The first-order valence-corrected chi connectivity index (χ1v) is 4.80. The van der Waals surface area contributed by atoms with Crippen molar-refractivity contribution in [1.82, 2.24) is 0 Å². The number of carbonyl (C=O) groups excluding carboxylic acids is 1. The van der Waals surface area contributed by atoms with E-state index in [9.17, 15) is 13.2 Å². The molecule has 2 amide bonds. The highest BCUT2D eigenvalue weighted by molar-refractivity contribution is 7.62. The van der Waals surface area contributed by atoms with Crippen molar-refractivity contribution in [3.05, 3.63) is 29.8 Å². The molecule has 1 aromatic carbocycles. The summed E-state index contributed by atoms with van der Waals surface area (Å²) < 4.78 is 22.8. The fourth-order valence-electron chi connectivity index (χ4n) is 0.851. The SMILES string of the molecule is Cc1ccc(NC(=O)N=S(=O)=O)cc1. The Morgan fingerprint density at radius 2 is 1.86 bits per heavy atom. The van der Waals surface area contributed by atoms with Crippen LogP contribution in [0.2, 0.25) is 0 Å². The molecule has 0 saturated heterocycles. The Morgan fingerprint density at radius 1 is 1.29 bits per heavy atom. The molecule has 0 fully saturated rings. The number of aryl methyl sites for hydroxylation is 1. The van der Waals surface area contributed by atoms with Gasteiger partial charge in [0.1, 0.15) is 0 Å². The molecule has 0 bridgehead atoms. The predicted octanol–water partition coefficient (Wildman–Crippen LogP) is 1.59. The topological polar surface area (TPSA) is 75.6 Å². The third kappa shape index (κ3) is 3.36. The maximum Gasteiger partial charge on any atom is 0.360 e. The van der Waals surface area contributed by atoms with Crippen molar-refractivity contribution in [1.29, 1.82) is 0 Å². The van der Waals surface area contributed by atoms with Crippen LogP contribution in [-0.4, -0.2) is 14.4 Å². The predicted molar refractivity (Wildman–Crippen MR) is 51.5 cm³/mol. The summed E-state index contributed by atoms with van der Waals surface area (Å²) in [7, 11) is -2.71. The van der Waals surface area contributed by atoms with Crippen LogP contribution in [0.4, 0.5) is 10.5 Å². The highest BCUT2D eigenvalue weighted by atomic mass is 32.2. The summed E-state index contributed by atoms with van der Waals surface area (Å²) in [5.74, 6) is 0. The number of carbonyl (C=O) groups is 1. The van der Waals surface area contributed by atoms with E-state index in [0.29, 0.717) is 5.69 Å². The fraction of sp³-hybridized carbons (Fsp3) is 0.125. The van der Waals surface area contributed by atoms with E-state index in [1.807, 2.05) is 6.92 Å². The van der Waals surface area contributed by atoms with Gasteiger partial charge in [-0.05, 0) is 19.1 Å². The molecule has 0 atom stereocenters. The van der Waals surface area contributed by atoms with Gasteiger partial charge in [0.05, 0.1) is 0 Å². The van der Waals surface area contributed by atoms with Crippen LogP contribution in [0.3, 0.4) is 0 Å². The van der Waals surface area contributed by atoms with Crippen LogP contribution >= 0.6 is 0 Å². The molecule has 0 saturated carbocycles. The van der Waals surface area contributed by atoms with Crippen molar-refractivity contribution in [3.8, 4) is 0 Å². The van der Waals surface area contributed by atoms with E-state index in [4.69, 9.17) is 0 Å². The van der Waals surface area contributed by atoms with Crippen molar-refractivity contribution in [3.63, 3.8) is 0 Å². The molecule has 6 heteroatoms. The van der Waals surface area contributed by atoms with Crippen molar-refractivity contribution in [2.75, 3.05) is 5.32 Å². The third-order valence-corrected chi connectivity index (χ3v) is 1.78. The zero-order valence-electron chi connectivity index (χ0n) is 7.39. The molecular weight excluding hydrogens is 204 g/mol. The minimum absolute atomic E-state index is 0.509. The van der Waals surface area contributed by atoms with Crippen LogP contribution in [0, 0.1) is 6.92 Å². The van der Waals surface area contributed by atoms with E-state index in [-0.39, 0.29) is 0 Å². The van der Waals surface area contributed by atoms with Gasteiger partial charge in [-0.25, -0.2) is 4.79 Å².